The maximum atomic E-state index is 13.1. The summed E-state index contributed by atoms with van der Waals surface area (Å²) in [6, 6.07) is 13.7. The predicted molar refractivity (Wildman–Crippen MR) is 120 cm³/mol. The lowest BCUT2D eigenvalue weighted by Crippen LogP contribution is -2.34. The monoisotopic (exact) mass is 424 g/mol. The molecule has 0 bridgehead atoms. The molecule has 0 aliphatic heterocycles. The first-order valence-corrected chi connectivity index (χ1v) is 10.8. The van der Waals surface area contributed by atoms with Gasteiger partial charge in [-0.1, -0.05) is 24.3 Å². The van der Waals surface area contributed by atoms with Gasteiger partial charge in [0.2, 0.25) is 0 Å². The Kier molecular flexibility index (Phi) is 7.60. The summed E-state index contributed by atoms with van der Waals surface area (Å²) in [6.45, 7) is 7.95. The first kappa shape index (κ1) is 22.0. The molecule has 1 aromatic heterocycles. The molecule has 30 heavy (non-hydrogen) atoms. The molecule has 0 radical (unpaired) electrons. The van der Waals surface area contributed by atoms with Gasteiger partial charge in [0.25, 0.3) is 5.91 Å². The third-order valence-corrected chi connectivity index (χ3v) is 5.89. The van der Waals surface area contributed by atoms with Gasteiger partial charge in [0.05, 0.1) is 18.8 Å². The number of thiazole rings is 1. The quantitative estimate of drug-likeness (QED) is 0.488. The van der Waals surface area contributed by atoms with Crippen LogP contribution < -0.4 is 4.74 Å². The molecule has 0 saturated heterocycles. The number of hydrogen-bond acceptors (Lipinski definition) is 5. The summed E-state index contributed by atoms with van der Waals surface area (Å²) in [7, 11) is 1.64. The minimum atomic E-state index is -0.00826. The average molecular weight is 425 g/mol. The lowest BCUT2D eigenvalue weighted by molar-refractivity contribution is 0.0677. The maximum absolute atomic E-state index is 13.1. The Hall–Kier alpha value is -2.70. The molecule has 158 valence electrons. The fourth-order valence-electron chi connectivity index (χ4n) is 3.07. The molecular weight excluding hydrogens is 396 g/mol. The molecule has 5 nitrogen and oxygen atoms in total. The van der Waals surface area contributed by atoms with Gasteiger partial charge in [-0.2, -0.15) is 0 Å². The maximum Gasteiger partial charge on any atom is 0.254 e. The minimum absolute atomic E-state index is 0.00826. The highest BCUT2D eigenvalue weighted by Crippen LogP contribution is 2.20. The molecule has 0 aliphatic rings. The van der Waals surface area contributed by atoms with Crippen molar-refractivity contribution in [3.63, 3.8) is 0 Å². The highest BCUT2D eigenvalue weighted by atomic mass is 32.1. The third-order valence-electron chi connectivity index (χ3n) is 5.02. The first-order valence-electron chi connectivity index (χ1n) is 9.95. The normalized spacial score (nSPS) is 10.8. The van der Waals surface area contributed by atoms with Crippen molar-refractivity contribution in [3.8, 4) is 5.75 Å². The van der Waals surface area contributed by atoms with Gasteiger partial charge < -0.3 is 14.4 Å². The van der Waals surface area contributed by atoms with Crippen molar-refractivity contribution in [2.75, 3.05) is 20.3 Å². The van der Waals surface area contributed by atoms with Crippen molar-refractivity contribution in [2.24, 2.45) is 0 Å². The van der Waals surface area contributed by atoms with E-state index in [1.165, 1.54) is 11.1 Å². The zero-order chi connectivity index (χ0) is 21.5. The number of rotatable bonds is 9. The van der Waals surface area contributed by atoms with Crippen molar-refractivity contribution >= 4 is 17.2 Å². The van der Waals surface area contributed by atoms with E-state index in [2.05, 4.69) is 24.9 Å². The highest BCUT2D eigenvalue weighted by molar-refractivity contribution is 7.09. The Morgan fingerprint density at radius 2 is 1.87 bits per heavy atom. The van der Waals surface area contributed by atoms with Crippen LogP contribution in [0, 0.1) is 20.8 Å². The molecule has 0 atom stereocenters. The van der Waals surface area contributed by atoms with Crippen LogP contribution in [0.25, 0.3) is 0 Å². The van der Waals surface area contributed by atoms with Crippen molar-refractivity contribution in [3.05, 3.63) is 80.8 Å². The van der Waals surface area contributed by atoms with Gasteiger partial charge in [-0.05, 0) is 55.7 Å². The number of ether oxygens (including phenoxy) is 2. The van der Waals surface area contributed by atoms with Gasteiger partial charge in [0.1, 0.15) is 17.4 Å². The SMILES string of the molecule is COCCN(Cc1csc(COc2ccc(C)c(C)c2)n1)C(=O)c1ccccc1C. The first-order chi connectivity index (χ1) is 14.5. The number of methoxy groups -OCH3 is 1. The van der Waals surface area contributed by atoms with Gasteiger partial charge >= 0.3 is 0 Å². The summed E-state index contributed by atoms with van der Waals surface area (Å²) in [5, 5.41) is 2.88. The number of amides is 1. The second kappa shape index (κ2) is 10.4. The molecule has 0 aliphatic carbocycles. The standard InChI is InChI=1S/C24H28N2O3S/c1-17-9-10-21(13-19(17)3)29-15-23-25-20(16-30-23)14-26(11-12-28-4)24(27)22-8-6-5-7-18(22)2/h5-10,13,16H,11-12,14-15H2,1-4H3. The molecule has 0 spiro atoms. The van der Waals surface area contributed by atoms with E-state index in [0.29, 0.717) is 31.9 Å². The summed E-state index contributed by atoms with van der Waals surface area (Å²) in [5.74, 6) is 0.831. The van der Waals surface area contributed by atoms with E-state index in [0.717, 1.165) is 22.0 Å². The van der Waals surface area contributed by atoms with Gasteiger partial charge in [-0.3, -0.25) is 4.79 Å². The second-order valence-electron chi connectivity index (χ2n) is 7.30. The van der Waals surface area contributed by atoms with Crippen LogP contribution in [0.2, 0.25) is 0 Å². The smallest absolute Gasteiger partial charge is 0.254 e. The zero-order valence-electron chi connectivity index (χ0n) is 18.0. The molecule has 3 rings (SSSR count). The summed E-state index contributed by atoms with van der Waals surface area (Å²) in [5.41, 5.74) is 4.98. The van der Waals surface area contributed by atoms with E-state index in [-0.39, 0.29) is 5.91 Å². The molecule has 0 unspecified atom stereocenters. The van der Waals surface area contributed by atoms with E-state index >= 15 is 0 Å². The Balaban J connectivity index is 1.66. The van der Waals surface area contributed by atoms with Crippen LogP contribution in [0.4, 0.5) is 0 Å². The van der Waals surface area contributed by atoms with Gasteiger partial charge in [-0.15, -0.1) is 11.3 Å². The molecular formula is C24H28N2O3S. The van der Waals surface area contributed by atoms with Crippen LogP contribution in [0.5, 0.6) is 5.75 Å². The average Bonchev–Trinajstić information content (AvgIpc) is 3.19. The van der Waals surface area contributed by atoms with E-state index in [4.69, 9.17) is 9.47 Å². The number of nitrogens with zero attached hydrogens (tertiary/aromatic N) is 2. The minimum Gasteiger partial charge on any atom is -0.486 e. The number of benzene rings is 2. The number of carbonyl (C=O) groups excluding carboxylic acids is 1. The van der Waals surface area contributed by atoms with Crippen LogP contribution in [0.1, 0.15) is 37.7 Å². The number of hydrogen-bond donors (Lipinski definition) is 0. The predicted octanol–water partition coefficient (Wildman–Crippen LogP) is 4.94. The van der Waals surface area contributed by atoms with Crippen LogP contribution >= 0.6 is 11.3 Å². The van der Waals surface area contributed by atoms with Crippen LogP contribution in [-0.2, 0) is 17.9 Å². The van der Waals surface area contributed by atoms with E-state index in [1.54, 1.807) is 23.3 Å². The second-order valence-corrected chi connectivity index (χ2v) is 8.24. The molecule has 0 fully saturated rings. The zero-order valence-corrected chi connectivity index (χ0v) is 18.8. The molecule has 6 heteroatoms. The van der Waals surface area contributed by atoms with Gasteiger partial charge in [-0.25, -0.2) is 4.98 Å². The van der Waals surface area contributed by atoms with E-state index in [9.17, 15) is 4.79 Å². The van der Waals surface area contributed by atoms with E-state index < -0.39 is 0 Å². The molecule has 3 aromatic rings. The van der Waals surface area contributed by atoms with E-state index in [1.807, 2.05) is 48.7 Å². The fraction of sp³-hybridized carbons (Fsp3) is 0.333. The third kappa shape index (κ3) is 5.68. The molecule has 0 N–H and O–H groups in total. The molecule has 1 heterocycles. The fourth-order valence-corrected chi connectivity index (χ4v) is 3.77. The number of aromatic nitrogens is 1. The summed E-state index contributed by atoms with van der Waals surface area (Å²) in [4.78, 5) is 19.5. The lowest BCUT2D eigenvalue weighted by atomic mass is 10.1. The van der Waals surface area contributed by atoms with Crippen molar-refractivity contribution < 1.29 is 14.3 Å². The Labute approximate surface area is 182 Å². The van der Waals surface area contributed by atoms with Crippen molar-refractivity contribution in [1.29, 1.82) is 0 Å². The largest absolute Gasteiger partial charge is 0.486 e. The summed E-state index contributed by atoms with van der Waals surface area (Å²) < 4.78 is 11.1. The van der Waals surface area contributed by atoms with Gasteiger partial charge in [0.15, 0.2) is 0 Å². The van der Waals surface area contributed by atoms with Crippen molar-refractivity contribution in [1.82, 2.24) is 9.88 Å². The molecule has 2 aromatic carbocycles. The molecule has 0 saturated carbocycles. The van der Waals surface area contributed by atoms with Crippen LogP contribution in [-0.4, -0.2) is 36.1 Å². The highest BCUT2D eigenvalue weighted by Gasteiger charge is 2.19. The number of aryl methyl sites for hydroxylation is 3. The Morgan fingerprint density at radius 1 is 1.07 bits per heavy atom. The summed E-state index contributed by atoms with van der Waals surface area (Å²) in [6.07, 6.45) is 0. The van der Waals surface area contributed by atoms with Gasteiger partial charge in [0, 0.05) is 24.6 Å². The van der Waals surface area contributed by atoms with Crippen LogP contribution in [0.15, 0.2) is 47.8 Å². The lowest BCUT2D eigenvalue weighted by Gasteiger charge is -2.22. The summed E-state index contributed by atoms with van der Waals surface area (Å²) >= 11 is 1.55. The van der Waals surface area contributed by atoms with Crippen LogP contribution in [0.3, 0.4) is 0 Å². The Morgan fingerprint density at radius 3 is 2.60 bits per heavy atom. The number of carbonyl (C=O) groups is 1. The van der Waals surface area contributed by atoms with Crippen molar-refractivity contribution in [2.45, 2.75) is 33.9 Å². The topological polar surface area (TPSA) is 51.7 Å². The Bertz CT molecular complexity index is 1000. The molecule has 1 amide bonds.